The number of amides is 2. The first-order valence-corrected chi connectivity index (χ1v) is 16.2. The van der Waals surface area contributed by atoms with Crippen LogP contribution in [0.4, 0.5) is 26.4 Å². The summed E-state index contributed by atoms with van der Waals surface area (Å²) >= 11 is 0. The van der Waals surface area contributed by atoms with Crippen LogP contribution in [0.5, 0.6) is 0 Å². The van der Waals surface area contributed by atoms with Gasteiger partial charge >= 0.3 is 6.09 Å². The quantitative estimate of drug-likeness (QED) is 0.212. The largest absolute Gasteiger partial charge is 0.465 e. The predicted molar refractivity (Wildman–Crippen MR) is 173 cm³/mol. The summed E-state index contributed by atoms with van der Waals surface area (Å²) in [6.45, 7) is 5.25. The standard InChI is InChI=1S/C33H36FN5O5S/c1-19(2)45(43,44)29-12-9-23(38(4)33(41)42)18-26(29)28-6-5-15-39(28)32(40)30(25-16-20(3)7-11-27(25)34)37-22-8-10-24-21(17-22)13-14-36-31(24)35/h7-14,16-19,28,30,37H,5-6,15H2,1-4H3,(H2,35,36)(H,41,42)/t28-,30+/m1/s1. The van der Waals surface area contributed by atoms with Gasteiger partial charge in [0.25, 0.3) is 0 Å². The second-order valence-corrected chi connectivity index (χ2v) is 14.1. The number of anilines is 3. The Hall–Kier alpha value is -4.71. The fourth-order valence-electron chi connectivity index (χ4n) is 5.76. The van der Waals surface area contributed by atoms with Crippen LogP contribution in [0.15, 0.2) is 71.8 Å². The molecule has 4 aromatic rings. The molecular formula is C33H36FN5O5S. The Bertz CT molecular complexity index is 1900. The molecule has 1 saturated heterocycles. The number of carbonyl (C=O) groups is 2. The van der Waals surface area contributed by atoms with Gasteiger partial charge in [0.15, 0.2) is 9.84 Å². The summed E-state index contributed by atoms with van der Waals surface area (Å²) < 4.78 is 42.5. The number of nitrogens with one attached hydrogen (secondary N) is 1. The van der Waals surface area contributed by atoms with Gasteiger partial charge in [-0.1, -0.05) is 17.7 Å². The molecule has 2 heterocycles. The molecule has 45 heavy (non-hydrogen) atoms. The number of aryl methyl sites for hydroxylation is 1. The Labute approximate surface area is 261 Å². The maximum Gasteiger partial charge on any atom is 0.411 e. The van der Waals surface area contributed by atoms with Gasteiger partial charge in [-0.15, -0.1) is 0 Å². The van der Waals surface area contributed by atoms with E-state index in [-0.39, 0.29) is 16.1 Å². The van der Waals surface area contributed by atoms with Crippen molar-refractivity contribution in [1.29, 1.82) is 0 Å². The lowest BCUT2D eigenvalue weighted by atomic mass is 9.99. The predicted octanol–water partition coefficient (Wildman–Crippen LogP) is 6.08. The lowest BCUT2D eigenvalue weighted by molar-refractivity contribution is -0.133. The molecule has 1 aliphatic heterocycles. The Morgan fingerprint density at radius 2 is 1.87 bits per heavy atom. The summed E-state index contributed by atoms with van der Waals surface area (Å²) in [5.74, 6) is -0.648. The first kappa shape index (κ1) is 31.7. The van der Waals surface area contributed by atoms with Gasteiger partial charge in [-0.25, -0.2) is 22.6 Å². The number of carboxylic acid groups (broad SMARTS) is 1. The number of likely N-dealkylation sites (tertiary alicyclic amines) is 1. The molecule has 0 aliphatic carbocycles. The minimum atomic E-state index is -3.81. The molecule has 2 amide bonds. The summed E-state index contributed by atoms with van der Waals surface area (Å²) in [7, 11) is -2.44. The van der Waals surface area contributed by atoms with Crippen LogP contribution in [-0.2, 0) is 14.6 Å². The van der Waals surface area contributed by atoms with Crippen LogP contribution in [0.25, 0.3) is 10.8 Å². The van der Waals surface area contributed by atoms with Gasteiger partial charge in [0.05, 0.1) is 16.2 Å². The number of rotatable bonds is 8. The first-order valence-electron chi connectivity index (χ1n) is 14.6. The van der Waals surface area contributed by atoms with Crippen molar-refractivity contribution in [3.63, 3.8) is 0 Å². The summed E-state index contributed by atoms with van der Waals surface area (Å²) in [5, 5.41) is 13.6. The summed E-state index contributed by atoms with van der Waals surface area (Å²) in [6.07, 6.45) is 1.38. The molecule has 12 heteroatoms. The van der Waals surface area contributed by atoms with E-state index in [1.165, 1.54) is 31.3 Å². The van der Waals surface area contributed by atoms with Crippen molar-refractivity contribution in [2.75, 3.05) is 29.5 Å². The number of benzene rings is 3. The highest BCUT2D eigenvalue weighted by atomic mass is 32.2. The Morgan fingerprint density at radius 1 is 1.11 bits per heavy atom. The van der Waals surface area contributed by atoms with Gasteiger partial charge in [-0.3, -0.25) is 9.69 Å². The maximum atomic E-state index is 15.4. The van der Waals surface area contributed by atoms with Crippen molar-refractivity contribution in [1.82, 2.24) is 9.88 Å². The van der Waals surface area contributed by atoms with Crippen LogP contribution in [0.3, 0.4) is 0 Å². The van der Waals surface area contributed by atoms with Crippen molar-refractivity contribution >= 4 is 49.8 Å². The molecule has 0 spiro atoms. The van der Waals surface area contributed by atoms with E-state index in [0.29, 0.717) is 36.5 Å². The van der Waals surface area contributed by atoms with Crippen LogP contribution in [-0.4, -0.2) is 54.3 Å². The molecule has 0 saturated carbocycles. The number of fused-ring (bicyclic) bond motifs is 1. The van der Waals surface area contributed by atoms with Gasteiger partial charge < -0.3 is 21.1 Å². The third-order valence-electron chi connectivity index (χ3n) is 8.31. The average Bonchev–Trinajstić information content (AvgIpc) is 3.50. The normalized spacial score (nSPS) is 15.8. The Balaban J connectivity index is 1.61. The number of halogens is 1. The van der Waals surface area contributed by atoms with E-state index in [4.69, 9.17) is 5.73 Å². The molecule has 4 N–H and O–H groups in total. The van der Waals surface area contributed by atoms with Gasteiger partial charge in [-0.05, 0) is 93.1 Å². The second-order valence-electron chi connectivity index (χ2n) is 11.6. The van der Waals surface area contributed by atoms with Crippen molar-refractivity contribution in [2.45, 2.75) is 55.8 Å². The summed E-state index contributed by atoms with van der Waals surface area (Å²) in [6, 6.07) is 14.2. The first-order chi connectivity index (χ1) is 21.3. The van der Waals surface area contributed by atoms with E-state index < -0.39 is 45.0 Å². The lowest BCUT2D eigenvalue weighted by Crippen LogP contribution is -2.38. The number of aromatic nitrogens is 1. The fraction of sp³-hybridized carbons (Fsp3) is 0.303. The minimum Gasteiger partial charge on any atom is -0.465 e. The van der Waals surface area contributed by atoms with Crippen LogP contribution in [0, 0.1) is 12.7 Å². The molecular weight excluding hydrogens is 597 g/mol. The van der Waals surface area contributed by atoms with Gasteiger partial charge in [0.1, 0.15) is 17.7 Å². The van der Waals surface area contributed by atoms with Gasteiger partial charge in [0.2, 0.25) is 5.91 Å². The molecule has 10 nitrogen and oxygen atoms in total. The number of pyridine rings is 1. The SMILES string of the molecule is Cc1ccc(F)c([C@H](Nc2ccc3c(N)nccc3c2)C(=O)N2CCC[C@@H]2c2cc(N(C)C(=O)O)ccc2S(=O)(=O)C(C)C)c1. The highest BCUT2D eigenvalue weighted by Crippen LogP contribution is 2.41. The smallest absolute Gasteiger partial charge is 0.411 e. The van der Waals surface area contributed by atoms with E-state index in [2.05, 4.69) is 10.3 Å². The number of nitrogen functional groups attached to an aromatic ring is 1. The number of nitrogens with two attached hydrogens (primary N) is 1. The number of carbonyl (C=O) groups excluding carboxylic acids is 1. The molecule has 1 fully saturated rings. The third kappa shape index (κ3) is 6.15. The molecule has 0 unspecified atom stereocenters. The number of sulfone groups is 1. The molecule has 236 valence electrons. The van der Waals surface area contributed by atoms with E-state index in [9.17, 15) is 23.1 Å². The molecule has 0 radical (unpaired) electrons. The summed E-state index contributed by atoms with van der Waals surface area (Å²) in [4.78, 5) is 33.0. The molecule has 3 aromatic carbocycles. The Kier molecular flexibility index (Phi) is 8.70. The highest BCUT2D eigenvalue weighted by molar-refractivity contribution is 7.92. The van der Waals surface area contributed by atoms with E-state index in [0.717, 1.165) is 21.2 Å². The monoisotopic (exact) mass is 633 g/mol. The van der Waals surface area contributed by atoms with Gasteiger partial charge in [-0.2, -0.15) is 0 Å². The molecule has 5 rings (SSSR count). The Morgan fingerprint density at radius 3 is 2.58 bits per heavy atom. The fourth-order valence-corrected chi connectivity index (χ4v) is 7.05. The molecule has 0 bridgehead atoms. The van der Waals surface area contributed by atoms with Crippen LogP contribution < -0.4 is 16.0 Å². The van der Waals surface area contributed by atoms with Gasteiger partial charge in [0, 0.05) is 42.1 Å². The molecule has 1 aromatic heterocycles. The van der Waals surface area contributed by atoms with Crippen LogP contribution >= 0.6 is 0 Å². The van der Waals surface area contributed by atoms with Crippen molar-refractivity contribution < 1.29 is 27.5 Å². The number of hydrogen-bond donors (Lipinski definition) is 3. The minimum absolute atomic E-state index is 0.0386. The van der Waals surface area contributed by atoms with Crippen LogP contribution in [0.1, 0.15) is 55.5 Å². The number of hydrogen-bond acceptors (Lipinski definition) is 7. The molecule has 2 atom stereocenters. The van der Waals surface area contributed by atoms with E-state index in [1.54, 1.807) is 61.3 Å². The highest BCUT2D eigenvalue weighted by Gasteiger charge is 2.39. The topological polar surface area (TPSA) is 146 Å². The van der Waals surface area contributed by atoms with Crippen molar-refractivity contribution in [3.8, 4) is 0 Å². The second kappa shape index (κ2) is 12.4. The zero-order valence-electron chi connectivity index (χ0n) is 25.5. The average molecular weight is 634 g/mol. The van der Waals surface area contributed by atoms with Crippen molar-refractivity contribution in [2.24, 2.45) is 0 Å². The summed E-state index contributed by atoms with van der Waals surface area (Å²) in [5.41, 5.74) is 8.08. The van der Waals surface area contributed by atoms with Crippen molar-refractivity contribution in [3.05, 3.63) is 89.4 Å². The van der Waals surface area contributed by atoms with E-state index in [1.807, 2.05) is 6.92 Å². The molecule has 1 aliphatic rings. The maximum absolute atomic E-state index is 15.4. The third-order valence-corrected chi connectivity index (χ3v) is 10.5. The van der Waals surface area contributed by atoms with Crippen LogP contribution in [0.2, 0.25) is 0 Å². The zero-order valence-corrected chi connectivity index (χ0v) is 26.3. The lowest BCUT2D eigenvalue weighted by Gasteiger charge is -2.32. The van der Waals surface area contributed by atoms with E-state index >= 15 is 4.39 Å². The number of nitrogens with zero attached hydrogens (tertiary/aromatic N) is 3. The zero-order chi connectivity index (χ0) is 32.6.